The molecule has 7 heteroatoms. The Morgan fingerprint density at radius 3 is 2.45 bits per heavy atom. The van der Waals surface area contributed by atoms with Gasteiger partial charge in [-0.3, -0.25) is 4.99 Å². The lowest BCUT2D eigenvalue weighted by atomic mass is 10.1. The molecule has 0 atom stereocenters. The Hall–Kier alpha value is -2.96. The van der Waals surface area contributed by atoms with E-state index >= 15 is 0 Å². The minimum atomic E-state index is 0.264. The molecule has 2 aromatic rings. The normalized spacial score (nSPS) is 14.5. The van der Waals surface area contributed by atoms with E-state index in [0.29, 0.717) is 24.9 Å². The number of guanidine groups is 1. The van der Waals surface area contributed by atoms with Crippen molar-refractivity contribution in [3.8, 4) is 17.4 Å². The second kappa shape index (κ2) is 10.5. The van der Waals surface area contributed by atoms with Gasteiger partial charge in [-0.25, -0.2) is 4.98 Å². The fourth-order valence-corrected chi connectivity index (χ4v) is 3.49. The van der Waals surface area contributed by atoms with Gasteiger partial charge in [0.1, 0.15) is 0 Å². The van der Waals surface area contributed by atoms with E-state index in [1.54, 1.807) is 27.5 Å². The van der Waals surface area contributed by atoms with Crippen LogP contribution in [0.15, 0.2) is 41.5 Å². The highest BCUT2D eigenvalue weighted by Gasteiger charge is 2.20. The minimum absolute atomic E-state index is 0.264. The number of hydrogen-bond acceptors (Lipinski definition) is 5. The minimum Gasteiger partial charge on any atom is -0.493 e. The van der Waals surface area contributed by atoms with E-state index < -0.39 is 0 Å². The summed E-state index contributed by atoms with van der Waals surface area (Å²) in [5.41, 5.74) is 2.00. The molecule has 0 unspecified atom stereocenters. The Morgan fingerprint density at radius 1 is 1.03 bits per heavy atom. The van der Waals surface area contributed by atoms with E-state index in [1.807, 2.05) is 24.3 Å². The highest BCUT2D eigenvalue weighted by atomic mass is 16.5. The molecule has 3 rings (SSSR count). The van der Waals surface area contributed by atoms with Crippen molar-refractivity contribution in [1.29, 1.82) is 0 Å². The van der Waals surface area contributed by atoms with E-state index in [4.69, 9.17) is 14.2 Å². The highest BCUT2D eigenvalue weighted by molar-refractivity contribution is 5.79. The first-order valence-electron chi connectivity index (χ1n) is 10.00. The van der Waals surface area contributed by atoms with Crippen LogP contribution < -0.4 is 24.8 Å². The Balaban J connectivity index is 1.64. The van der Waals surface area contributed by atoms with Crippen LogP contribution in [0.4, 0.5) is 0 Å². The van der Waals surface area contributed by atoms with E-state index in [1.165, 1.54) is 12.8 Å². The van der Waals surface area contributed by atoms with E-state index in [-0.39, 0.29) is 6.10 Å². The summed E-state index contributed by atoms with van der Waals surface area (Å²) in [5.74, 6) is 2.87. The second-order valence-corrected chi connectivity index (χ2v) is 6.92. The standard InChI is InChI=1S/C22H30N4O3/c1-23-22(26-15-17-9-7-13-24-21(17)28-3)25-14-16-8-6-12-19(27-2)20(16)29-18-10-4-5-11-18/h6-9,12-13,18H,4-5,10-11,14-15H2,1-3H3,(H2,23,25,26). The van der Waals surface area contributed by atoms with Gasteiger partial charge in [0.05, 0.1) is 20.3 Å². The lowest BCUT2D eigenvalue weighted by Crippen LogP contribution is -2.36. The zero-order chi connectivity index (χ0) is 20.5. The van der Waals surface area contributed by atoms with Gasteiger partial charge in [0.2, 0.25) is 5.88 Å². The number of ether oxygens (including phenoxy) is 3. The van der Waals surface area contributed by atoms with Crippen LogP contribution in [0, 0.1) is 0 Å². The maximum absolute atomic E-state index is 6.30. The van der Waals surface area contributed by atoms with Gasteiger partial charge < -0.3 is 24.8 Å². The first-order valence-corrected chi connectivity index (χ1v) is 10.00. The number of para-hydroxylation sites is 1. The monoisotopic (exact) mass is 398 g/mol. The maximum Gasteiger partial charge on any atom is 0.218 e. The largest absolute Gasteiger partial charge is 0.493 e. The molecule has 0 radical (unpaired) electrons. The molecule has 1 fully saturated rings. The van der Waals surface area contributed by atoms with Crippen molar-refractivity contribution in [3.05, 3.63) is 47.7 Å². The van der Waals surface area contributed by atoms with E-state index in [9.17, 15) is 0 Å². The molecule has 29 heavy (non-hydrogen) atoms. The van der Waals surface area contributed by atoms with Crippen molar-refractivity contribution in [2.24, 2.45) is 4.99 Å². The maximum atomic E-state index is 6.30. The van der Waals surface area contributed by atoms with Crippen molar-refractivity contribution in [1.82, 2.24) is 15.6 Å². The Kier molecular flexibility index (Phi) is 7.55. The number of nitrogens with zero attached hydrogens (tertiary/aromatic N) is 2. The average molecular weight is 399 g/mol. The number of rotatable bonds is 8. The summed E-state index contributed by atoms with van der Waals surface area (Å²) < 4.78 is 17.1. The smallest absolute Gasteiger partial charge is 0.218 e. The Bertz CT molecular complexity index is 819. The fourth-order valence-electron chi connectivity index (χ4n) is 3.49. The first-order chi connectivity index (χ1) is 14.2. The molecule has 2 N–H and O–H groups in total. The van der Waals surface area contributed by atoms with Crippen LogP contribution in [-0.2, 0) is 13.1 Å². The predicted molar refractivity (Wildman–Crippen MR) is 114 cm³/mol. The molecule has 1 aliphatic carbocycles. The Labute approximate surface area is 172 Å². The van der Waals surface area contributed by atoms with Gasteiger partial charge in [-0.1, -0.05) is 18.2 Å². The van der Waals surface area contributed by atoms with Crippen molar-refractivity contribution in [2.45, 2.75) is 44.9 Å². The van der Waals surface area contributed by atoms with Gasteiger partial charge in [0.15, 0.2) is 17.5 Å². The SMILES string of the molecule is CN=C(NCc1cccnc1OC)NCc1cccc(OC)c1OC1CCCC1. The van der Waals surface area contributed by atoms with Crippen LogP contribution in [0.5, 0.6) is 17.4 Å². The first kappa shape index (κ1) is 20.8. The van der Waals surface area contributed by atoms with Crippen LogP contribution in [0.25, 0.3) is 0 Å². The summed E-state index contributed by atoms with van der Waals surface area (Å²) in [5, 5.41) is 6.65. The molecule has 0 aliphatic heterocycles. The summed E-state index contributed by atoms with van der Waals surface area (Å²) >= 11 is 0. The van der Waals surface area contributed by atoms with Gasteiger partial charge in [-0.15, -0.1) is 0 Å². The molecule has 156 valence electrons. The molecule has 1 saturated carbocycles. The third kappa shape index (κ3) is 5.53. The number of methoxy groups -OCH3 is 2. The van der Waals surface area contributed by atoms with Gasteiger partial charge in [0.25, 0.3) is 0 Å². The molecule has 0 amide bonds. The number of benzene rings is 1. The molecule has 0 saturated heterocycles. The van der Waals surface area contributed by atoms with Crippen LogP contribution in [0.2, 0.25) is 0 Å². The third-order valence-corrected chi connectivity index (χ3v) is 5.03. The van der Waals surface area contributed by atoms with Crippen LogP contribution in [0.1, 0.15) is 36.8 Å². The number of nitrogens with one attached hydrogen (secondary N) is 2. The quantitative estimate of drug-likeness (QED) is 0.525. The van der Waals surface area contributed by atoms with Crippen molar-refractivity contribution < 1.29 is 14.2 Å². The van der Waals surface area contributed by atoms with E-state index in [0.717, 1.165) is 35.5 Å². The summed E-state index contributed by atoms with van der Waals surface area (Å²) in [4.78, 5) is 8.53. The average Bonchev–Trinajstić information content (AvgIpc) is 3.28. The number of aliphatic imine (C=N–C) groups is 1. The Morgan fingerprint density at radius 2 is 1.76 bits per heavy atom. The van der Waals surface area contributed by atoms with Gasteiger partial charge in [-0.05, 0) is 37.8 Å². The fraction of sp³-hybridized carbons (Fsp3) is 0.455. The van der Waals surface area contributed by atoms with Gasteiger partial charge >= 0.3 is 0 Å². The molecular weight excluding hydrogens is 368 g/mol. The zero-order valence-electron chi connectivity index (χ0n) is 17.4. The van der Waals surface area contributed by atoms with Crippen molar-refractivity contribution >= 4 is 5.96 Å². The van der Waals surface area contributed by atoms with Gasteiger partial charge in [0, 0.05) is 37.5 Å². The molecule has 1 aliphatic rings. The van der Waals surface area contributed by atoms with Crippen LogP contribution >= 0.6 is 0 Å². The van der Waals surface area contributed by atoms with Crippen LogP contribution in [-0.4, -0.2) is 38.3 Å². The van der Waals surface area contributed by atoms with Crippen molar-refractivity contribution in [3.63, 3.8) is 0 Å². The third-order valence-electron chi connectivity index (χ3n) is 5.03. The van der Waals surface area contributed by atoms with E-state index in [2.05, 4.69) is 26.7 Å². The lowest BCUT2D eigenvalue weighted by Gasteiger charge is -2.20. The lowest BCUT2D eigenvalue weighted by molar-refractivity contribution is 0.198. The summed E-state index contributed by atoms with van der Waals surface area (Å²) in [6, 6.07) is 9.83. The van der Waals surface area contributed by atoms with Crippen molar-refractivity contribution in [2.75, 3.05) is 21.3 Å². The topological polar surface area (TPSA) is 77.0 Å². The number of hydrogen-bond donors (Lipinski definition) is 2. The molecule has 1 heterocycles. The molecular formula is C22H30N4O3. The van der Waals surface area contributed by atoms with Crippen LogP contribution in [0.3, 0.4) is 0 Å². The number of pyridine rings is 1. The molecule has 1 aromatic heterocycles. The molecule has 1 aromatic carbocycles. The molecule has 0 bridgehead atoms. The molecule has 7 nitrogen and oxygen atoms in total. The summed E-state index contributed by atoms with van der Waals surface area (Å²) in [6.07, 6.45) is 6.62. The van der Waals surface area contributed by atoms with Gasteiger partial charge in [-0.2, -0.15) is 0 Å². The highest BCUT2D eigenvalue weighted by Crippen LogP contribution is 2.34. The molecule has 0 spiro atoms. The second-order valence-electron chi connectivity index (χ2n) is 6.92. The number of aromatic nitrogens is 1. The predicted octanol–water partition coefficient (Wildman–Crippen LogP) is 3.29. The summed E-state index contributed by atoms with van der Waals surface area (Å²) in [6.45, 7) is 1.13. The summed E-state index contributed by atoms with van der Waals surface area (Å²) in [7, 11) is 5.04. The zero-order valence-corrected chi connectivity index (χ0v) is 17.4.